The van der Waals surface area contributed by atoms with Gasteiger partial charge in [0.05, 0.1) is 0 Å². The Hall–Kier alpha value is 0.309. The van der Waals surface area contributed by atoms with Gasteiger partial charge in [-0.1, -0.05) is 0 Å². The second-order valence-corrected chi connectivity index (χ2v) is 3.35. The summed E-state index contributed by atoms with van der Waals surface area (Å²) >= 11 is 3.48. The van der Waals surface area contributed by atoms with E-state index in [1.165, 1.54) is 0 Å². The molecule has 0 aliphatic rings. The van der Waals surface area contributed by atoms with Gasteiger partial charge in [0.1, 0.15) is 0 Å². The van der Waals surface area contributed by atoms with Gasteiger partial charge < -0.3 is 0 Å². The third kappa shape index (κ3) is 2.93. The summed E-state index contributed by atoms with van der Waals surface area (Å²) in [6, 6.07) is 0.634. The van der Waals surface area contributed by atoms with Gasteiger partial charge in [-0.3, -0.25) is 0 Å². The molecule has 10 heavy (non-hydrogen) atoms. The van der Waals surface area contributed by atoms with Crippen LogP contribution < -0.4 is 0 Å². The zero-order chi connectivity index (χ0) is 8.31. The van der Waals surface area contributed by atoms with Crippen molar-refractivity contribution in [1.29, 1.82) is 0 Å². The zero-order valence-corrected chi connectivity index (χ0v) is 8.01. The molecule has 0 radical (unpaired) electrons. The van der Waals surface area contributed by atoms with Crippen molar-refractivity contribution >= 4 is 4.73 Å². The molecule has 0 aromatic carbocycles. The van der Waals surface area contributed by atoms with Crippen LogP contribution in [0.5, 0.6) is 0 Å². The fourth-order valence-corrected chi connectivity index (χ4v) is 1.58. The summed E-state index contributed by atoms with van der Waals surface area (Å²) < 4.78 is 0.157. The van der Waals surface area contributed by atoms with Crippen molar-refractivity contribution in [3.05, 3.63) is 0 Å². The second-order valence-electron chi connectivity index (χ2n) is 2.85. The van der Waals surface area contributed by atoms with Crippen LogP contribution in [0.25, 0.3) is 0 Å². The summed E-state index contributed by atoms with van der Waals surface area (Å²) in [5, 5.41) is 9.08. The van der Waals surface area contributed by atoms with Gasteiger partial charge in [0.15, 0.2) is 0 Å². The fraction of sp³-hybridized carbons (Fsp3) is 0.857. The Morgan fingerprint density at radius 3 is 1.50 bits per heavy atom. The number of hydrogen-bond donors (Lipinski definition) is 1. The van der Waals surface area contributed by atoms with E-state index in [9.17, 15) is 0 Å². The molecule has 1 N–H and O–H groups in total. The van der Waals surface area contributed by atoms with Crippen molar-refractivity contribution in [2.45, 2.75) is 39.8 Å². The molecule has 0 aromatic heterocycles. The Labute approximate surface area is 70.6 Å². The Balaban J connectivity index is 4.12. The van der Waals surface area contributed by atoms with Gasteiger partial charge in [-0.15, -0.1) is 0 Å². The number of nitrogens with zero attached hydrogens (tertiary/aromatic N) is 1. The summed E-state index contributed by atoms with van der Waals surface area (Å²) in [5.74, 6) is 0. The van der Waals surface area contributed by atoms with E-state index in [1.807, 2.05) is 32.6 Å². The summed E-state index contributed by atoms with van der Waals surface area (Å²) in [6.07, 6.45) is 0. The fourth-order valence-electron chi connectivity index (χ4n) is 1.01. The number of rotatable bonds is 3. The van der Waals surface area contributed by atoms with Crippen LogP contribution in [-0.4, -0.2) is 26.8 Å². The summed E-state index contributed by atoms with van der Waals surface area (Å²) in [5.41, 5.74) is 0. The first-order chi connectivity index (χ1) is 4.46. The van der Waals surface area contributed by atoms with Crippen LogP contribution in [0.4, 0.5) is 0 Å². The quantitative estimate of drug-likeness (QED) is 0.665. The van der Waals surface area contributed by atoms with Crippen molar-refractivity contribution < 1.29 is 20.7 Å². The Morgan fingerprint density at radius 1 is 1.20 bits per heavy atom. The molecule has 0 aliphatic heterocycles. The zero-order valence-electron chi connectivity index (χ0n) is 6.90. The molecule has 0 saturated carbocycles. The first kappa shape index (κ1) is 10.3. The van der Waals surface area contributed by atoms with Gasteiger partial charge in [0.2, 0.25) is 0 Å². The van der Waals surface area contributed by atoms with E-state index in [1.54, 1.807) is 0 Å². The SMILES string of the molecule is CC(C)N([C](O)=[Fe])C(C)C. The van der Waals surface area contributed by atoms with E-state index in [4.69, 9.17) is 5.11 Å². The standard InChI is InChI=1S/C7H15NO.Fe/c1-6(2)8(5-9)7(3)4;/h6-7,9H,1-4H3;. The molecule has 62 valence electrons. The molecule has 0 aromatic rings. The van der Waals surface area contributed by atoms with Crippen molar-refractivity contribution in [1.82, 2.24) is 4.90 Å². The molecule has 3 heteroatoms. The van der Waals surface area contributed by atoms with Gasteiger partial charge in [-0.25, -0.2) is 0 Å². The predicted molar refractivity (Wildman–Crippen MR) is 39.1 cm³/mol. The van der Waals surface area contributed by atoms with Crippen LogP contribution >= 0.6 is 0 Å². The van der Waals surface area contributed by atoms with E-state index in [-0.39, 0.29) is 4.73 Å². The average molecular weight is 185 g/mol. The average Bonchev–Trinajstić information content (AvgIpc) is 1.59. The molecule has 0 amide bonds. The normalized spacial score (nSPS) is 11.7. The van der Waals surface area contributed by atoms with Crippen molar-refractivity contribution in [2.75, 3.05) is 0 Å². The monoisotopic (exact) mass is 185 g/mol. The van der Waals surface area contributed by atoms with Gasteiger partial charge in [-0.05, 0) is 0 Å². The molecular formula is C7H15FeNO. The van der Waals surface area contributed by atoms with E-state index < -0.39 is 0 Å². The van der Waals surface area contributed by atoms with Crippen LogP contribution in [0.2, 0.25) is 0 Å². The van der Waals surface area contributed by atoms with E-state index in [0.717, 1.165) is 0 Å². The van der Waals surface area contributed by atoms with Crippen LogP contribution in [-0.2, 0) is 15.6 Å². The van der Waals surface area contributed by atoms with Crippen LogP contribution in [0, 0.1) is 0 Å². The van der Waals surface area contributed by atoms with Crippen LogP contribution in [0.15, 0.2) is 0 Å². The van der Waals surface area contributed by atoms with Crippen molar-refractivity contribution in [3.63, 3.8) is 0 Å². The third-order valence-corrected chi connectivity index (χ3v) is 1.60. The summed E-state index contributed by atoms with van der Waals surface area (Å²) in [6.45, 7) is 8.12. The third-order valence-electron chi connectivity index (χ3n) is 1.32. The molecule has 0 atom stereocenters. The van der Waals surface area contributed by atoms with Crippen molar-refractivity contribution in [2.24, 2.45) is 0 Å². The maximum atomic E-state index is 9.08. The van der Waals surface area contributed by atoms with Gasteiger partial charge in [0.25, 0.3) is 0 Å². The Kier molecular flexibility index (Phi) is 4.37. The van der Waals surface area contributed by atoms with Crippen molar-refractivity contribution in [3.8, 4) is 0 Å². The second kappa shape index (κ2) is 4.24. The molecule has 0 unspecified atom stereocenters. The van der Waals surface area contributed by atoms with Crippen LogP contribution in [0.1, 0.15) is 27.7 Å². The molecule has 2 nitrogen and oxygen atoms in total. The Morgan fingerprint density at radius 2 is 1.50 bits per heavy atom. The first-order valence-electron chi connectivity index (χ1n) is 3.45. The summed E-state index contributed by atoms with van der Waals surface area (Å²) in [4.78, 5) is 1.86. The predicted octanol–water partition coefficient (Wildman–Crippen LogP) is 1.11. The minimum atomic E-state index is 0.157. The minimum absolute atomic E-state index is 0.157. The molecular weight excluding hydrogens is 170 g/mol. The molecule has 0 fully saturated rings. The topological polar surface area (TPSA) is 23.5 Å². The van der Waals surface area contributed by atoms with E-state index in [0.29, 0.717) is 12.1 Å². The maximum absolute atomic E-state index is 9.08. The summed E-state index contributed by atoms with van der Waals surface area (Å²) in [7, 11) is 0. The molecule has 0 saturated heterocycles. The molecule has 0 aliphatic carbocycles. The molecule has 0 spiro atoms. The molecule has 0 rings (SSSR count). The van der Waals surface area contributed by atoms with Crippen LogP contribution in [0.3, 0.4) is 0 Å². The number of hydrogen-bond acceptors (Lipinski definition) is 2. The Bertz CT molecular complexity index is 115. The van der Waals surface area contributed by atoms with E-state index >= 15 is 0 Å². The number of aliphatic hydroxyl groups excluding tert-OH is 1. The van der Waals surface area contributed by atoms with Gasteiger partial charge in [0, 0.05) is 0 Å². The molecule has 0 heterocycles. The van der Waals surface area contributed by atoms with Gasteiger partial charge >= 0.3 is 70.1 Å². The number of aliphatic hydroxyl groups is 1. The van der Waals surface area contributed by atoms with Gasteiger partial charge in [-0.2, -0.15) is 0 Å². The van der Waals surface area contributed by atoms with E-state index in [2.05, 4.69) is 15.6 Å². The first-order valence-corrected chi connectivity index (χ1v) is 4.00. The molecule has 0 bridgehead atoms.